The fraction of sp³-hybridized carbons (Fsp3) is 0.500. The molecule has 1 rings (SSSR count). The smallest absolute Gasteiger partial charge is 0.220 e. The Hall–Kier alpha value is -0.0500. The molecule has 0 saturated heterocycles. The molecule has 5 heteroatoms. The van der Waals surface area contributed by atoms with Crippen molar-refractivity contribution in [3.05, 3.63) is 24.8 Å². The Morgan fingerprint density at radius 2 is 1.89 bits per heavy atom. The Bertz CT molecular complexity index is 412. The third-order valence-electron chi connectivity index (χ3n) is 2.83. The highest BCUT2D eigenvalue weighted by molar-refractivity contribution is 14.1. The van der Waals surface area contributed by atoms with Gasteiger partial charge in [0.25, 0.3) is 0 Å². The molecule has 0 aromatic heterocycles. The first-order valence-electron chi connectivity index (χ1n) is 6.48. The molecule has 0 heterocycles. The van der Waals surface area contributed by atoms with E-state index in [2.05, 4.69) is 57.4 Å². The van der Waals surface area contributed by atoms with E-state index in [-0.39, 0.29) is 5.91 Å². The second-order valence-corrected chi connectivity index (χ2v) is 6.77. The van der Waals surface area contributed by atoms with Gasteiger partial charge in [-0.1, -0.05) is 19.8 Å². The summed E-state index contributed by atoms with van der Waals surface area (Å²) in [7, 11) is 0. The van der Waals surface area contributed by atoms with E-state index in [4.69, 9.17) is 0 Å². The Morgan fingerprint density at radius 1 is 1.26 bits per heavy atom. The summed E-state index contributed by atoms with van der Waals surface area (Å²) in [5, 5.41) is 12.4. The molecule has 0 bridgehead atoms. The maximum Gasteiger partial charge on any atom is 0.220 e. The summed E-state index contributed by atoms with van der Waals surface area (Å²) in [5.41, 5.74) is 1.19. The Kier molecular flexibility index (Phi) is 8.05. The molecule has 0 unspecified atom stereocenters. The maximum absolute atomic E-state index is 11.6. The molecule has 0 fully saturated rings. The molecule has 1 aromatic carbocycles. The summed E-state index contributed by atoms with van der Waals surface area (Å²) in [6.45, 7) is 2.79. The average molecular weight is 487 g/mol. The van der Waals surface area contributed by atoms with Crippen LogP contribution in [0.25, 0.3) is 0 Å². The third kappa shape index (κ3) is 6.29. The third-order valence-corrected chi connectivity index (χ3v) is 4.76. The molecular weight excluding hydrogens is 468 g/mol. The predicted octanol–water partition coefficient (Wildman–Crippen LogP) is 3.84. The lowest BCUT2D eigenvalue weighted by Crippen LogP contribution is -2.25. The van der Waals surface area contributed by atoms with Gasteiger partial charge in [-0.2, -0.15) is 0 Å². The molecule has 0 spiro atoms. The summed E-state index contributed by atoms with van der Waals surface area (Å²) in [4.78, 5) is 11.6. The zero-order valence-corrected chi connectivity index (χ0v) is 15.3. The lowest BCUT2D eigenvalue weighted by Gasteiger charge is -2.09. The van der Waals surface area contributed by atoms with Crippen LogP contribution < -0.4 is 5.32 Å². The van der Waals surface area contributed by atoms with E-state index in [1.807, 2.05) is 0 Å². The van der Waals surface area contributed by atoms with Crippen molar-refractivity contribution < 1.29 is 9.90 Å². The fourth-order valence-corrected chi connectivity index (χ4v) is 4.05. The molecule has 1 amide bonds. The topological polar surface area (TPSA) is 49.3 Å². The van der Waals surface area contributed by atoms with Crippen LogP contribution in [-0.2, 0) is 11.2 Å². The first-order valence-corrected chi connectivity index (χ1v) is 8.64. The number of rotatable bonds is 7. The van der Waals surface area contributed by atoms with E-state index in [1.165, 1.54) is 5.56 Å². The first-order chi connectivity index (χ1) is 9.04. The van der Waals surface area contributed by atoms with Gasteiger partial charge in [0.2, 0.25) is 5.91 Å². The van der Waals surface area contributed by atoms with Crippen molar-refractivity contribution in [2.24, 2.45) is 0 Å². The quantitative estimate of drug-likeness (QED) is 0.454. The second-order valence-electron chi connectivity index (χ2n) is 4.45. The number of hydrogen-bond donors (Lipinski definition) is 2. The molecular formula is C14H19I2NO2. The van der Waals surface area contributed by atoms with Crippen LogP contribution in [0.3, 0.4) is 0 Å². The van der Waals surface area contributed by atoms with E-state index in [0.717, 1.165) is 32.8 Å². The van der Waals surface area contributed by atoms with Crippen LogP contribution in [0, 0.1) is 7.14 Å². The molecule has 19 heavy (non-hydrogen) atoms. The molecule has 2 N–H and O–H groups in total. The molecule has 0 aliphatic rings. The number of amides is 1. The van der Waals surface area contributed by atoms with Crippen LogP contribution in [0.4, 0.5) is 0 Å². The van der Waals surface area contributed by atoms with Crippen LogP contribution in [0.2, 0.25) is 0 Å². The highest BCUT2D eigenvalue weighted by Gasteiger charge is 2.08. The van der Waals surface area contributed by atoms with Crippen molar-refractivity contribution in [3.8, 4) is 5.75 Å². The molecule has 0 aliphatic heterocycles. The van der Waals surface area contributed by atoms with E-state index in [0.29, 0.717) is 18.7 Å². The van der Waals surface area contributed by atoms with Crippen molar-refractivity contribution in [2.75, 3.05) is 6.54 Å². The molecule has 0 atom stereocenters. The van der Waals surface area contributed by atoms with Crippen molar-refractivity contribution in [3.63, 3.8) is 0 Å². The predicted molar refractivity (Wildman–Crippen MR) is 94.4 cm³/mol. The highest BCUT2D eigenvalue weighted by atomic mass is 127. The standard InChI is InChI=1S/C14H19I2NO2/c1-2-3-4-5-14(19)17-7-6-11-12(15)8-10(18)9-13(11)16/h8-9,18H,2-7H2,1H3,(H,17,19). The number of benzene rings is 1. The minimum absolute atomic E-state index is 0.136. The van der Waals surface area contributed by atoms with E-state index in [1.54, 1.807) is 12.1 Å². The van der Waals surface area contributed by atoms with Gasteiger partial charge in [-0.25, -0.2) is 0 Å². The molecule has 1 aromatic rings. The largest absolute Gasteiger partial charge is 0.508 e. The average Bonchev–Trinajstić information content (AvgIpc) is 2.32. The number of phenolic OH excluding ortho intramolecular Hbond substituents is 1. The van der Waals surface area contributed by atoms with Gasteiger partial charge in [0, 0.05) is 20.1 Å². The highest BCUT2D eigenvalue weighted by Crippen LogP contribution is 2.25. The van der Waals surface area contributed by atoms with Crippen LogP contribution in [0.15, 0.2) is 12.1 Å². The Balaban J connectivity index is 2.39. The number of unbranched alkanes of at least 4 members (excludes halogenated alkanes) is 2. The van der Waals surface area contributed by atoms with Gasteiger partial charge in [-0.05, 0) is 75.7 Å². The van der Waals surface area contributed by atoms with E-state index in [9.17, 15) is 9.90 Å². The number of halogens is 2. The minimum atomic E-state index is 0.136. The monoisotopic (exact) mass is 487 g/mol. The van der Waals surface area contributed by atoms with Crippen LogP contribution in [-0.4, -0.2) is 17.6 Å². The molecule has 106 valence electrons. The SMILES string of the molecule is CCCCCC(=O)NCCc1c(I)cc(O)cc1I. The van der Waals surface area contributed by atoms with Gasteiger partial charge in [0.05, 0.1) is 0 Å². The van der Waals surface area contributed by atoms with Gasteiger partial charge in [0.15, 0.2) is 0 Å². The fourth-order valence-electron chi connectivity index (χ4n) is 1.78. The zero-order chi connectivity index (χ0) is 14.3. The molecule has 0 radical (unpaired) electrons. The number of carbonyl (C=O) groups excluding carboxylic acids is 1. The molecule has 3 nitrogen and oxygen atoms in total. The number of hydrogen-bond acceptors (Lipinski definition) is 2. The maximum atomic E-state index is 11.6. The summed E-state index contributed by atoms with van der Waals surface area (Å²) in [6.07, 6.45) is 4.64. The summed E-state index contributed by atoms with van der Waals surface area (Å²) in [5.74, 6) is 0.429. The van der Waals surface area contributed by atoms with E-state index >= 15 is 0 Å². The van der Waals surface area contributed by atoms with Gasteiger partial charge in [-0.3, -0.25) is 4.79 Å². The van der Waals surface area contributed by atoms with Gasteiger partial charge >= 0.3 is 0 Å². The van der Waals surface area contributed by atoms with E-state index < -0.39 is 0 Å². The van der Waals surface area contributed by atoms with Crippen LogP contribution in [0.5, 0.6) is 5.75 Å². The number of aromatic hydroxyl groups is 1. The first kappa shape index (κ1) is 17.0. The second kappa shape index (κ2) is 8.99. The summed E-state index contributed by atoms with van der Waals surface area (Å²) >= 11 is 4.44. The lowest BCUT2D eigenvalue weighted by molar-refractivity contribution is -0.121. The molecule has 0 aliphatic carbocycles. The number of nitrogens with one attached hydrogen (secondary N) is 1. The zero-order valence-electron chi connectivity index (χ0n) is 11.0. The van der Waals surface area contributed by atoms with Crippen LogP contribution >= 0.6 is 45.2 Å². The number of carbonyl (C=O) groups is 1. The number of phenols is 1. The van der Waals surface area contributed by atoms with Crippen molar-refractivity contribution >= 4 is 51.1 Å². The van der Waals surface area contributed by atoms with Crippen molar-refractivity contribution in [1.29, 1.82) is 0 Å². The Morgan fingerprint density at radius 3 is 2.47 bits per heavy atom. The van der Waals surface area contributed by atoms with Crippen LogP contribution in [0.1, 0.15) is 38.2 Å². The normalized spacial score (nSPS) is 10.5. The van der Waals surface area contributed by atoms with Gasteiger partial charge in [0.1, 0.15) is 5.75 Å². The van der Waals surface area contributed by atoms with Crippen molar-refractivity contribution in [2.45, 2.75) is 39.0 Å². The lowest BCUT2D eigenvalue weighted by atomic mass is 10.1. The van der Waals surface area contributed by atoms with Gasteiger partial charge < -0.3 is 10.4 Å². The van der Waals surface area contributed by atoms with Gasteiger partial charge in [-0.15, -0.1) is 0 Å². The minimum Gasteiger partial charge on any atom is -0.508 e. The Labute approximate surface area is 141 Å². The summed E-state index contributed by atoms with van der Waals surface area (Å²) < 4.78 is 2.09. The molecule has 0 saturated carbocycles. The summed E-state index contributed by atoms with van der Waals surface area (Å²) in [6, 6.07) is 3.50. The van der Waals surface area contributed by atoms with Crippen molar-refractivity contribution in [1.82, 2.24) is 5.32 Å².